The molecule has 148 valence electrons. The van der Waals surface area contributed by atoms with Gasteiger partial charge in [0, 0.05) is 24.8 Å². The van der Waals surface area contributed by atoms with Crippen LogP contribution in [0, 0.1) is 0 Å². The van der Waals surface area contributed by atoms with E-state index in [1.54, 1.807) is 26.4 Å². The maximum absolute atomic E-state index is 12.3. The molecule has 1 rings (SSSR count). The van der Waals surface area contributed by atoms with Crippen molar-refractivity contribution in [1.82, 2.24) is 10.2 Å². The summed E-state index contributed by atoms with van der Waals surface area (Å²) in [5.74, 6) is 1.76. The zero-order valence-corrected chi connectivity index (χ0v) is 15.6. The first-order valence-electron chi connectivity index (χ1n) is 8.31. The summed E-state index contributed by atoms with van der Waals surface area (Å²) in [5, 5.41) is 6.24. The number of hydrogen-bond acceptors (Lipinski definition) is 4. The van der Waals surface area contributed by atoms with Gasteiger partial charge in [-0.05, 0) is 39.1 Å². The number of nitrogens with zero attached hydrogens (tertiary/aromatic N) is 2. The van der Waals surface area contributed by atoms with Gasteiger partial charge in [0.1, 0.15) is 0 Å². The SMILES string of the molecule is CCNC(=NCCCN(C)CC(F)(F)F)Nc1ccc(OC)c(OC)c1. The molecular weight excluding hydrogens is 349 g/mol. The summed E-state index contributed by atoms with van der Waals surface area (Å²) in [6, 6.07) is 5.38. The quantitative estimate of drug-likeness (QED) is 0.394. The van der Waals surface area contributed by atoms with E-state index in [0.717, 1.165) is 5.69 Å². The molecule has 0 unspecified atom stereocenters. The predicted octanol–water partition coefficient (Wildman–Crippen LogP) is 2.97. The fourth-order valence-electron chi connectivity index (χ4n) is 2.27. The van der Waals surface area contributed by atoms with Crippen LogP contribution in [0.25, 0.3) is 0 Å². The maximum Gasteiger partial charge on any atom is 0.401 e. The van der Waals surface area contributed by atoms with Gasteiger partial charge in [-0.2, -0.15) is 13.2 Å². The van der Waals surface area contributed by atoms with Crippen molar-refractivity contribution in [3.05, 3.63) is 18.2 Å². The van der Waals surface area contributed by atoms with E-state index in [9.17, 15) is 13.2 Å². The number of alkyl halides is 3. The lowest BCUT2D eigenvalue weighted by molar-refractivity contribution is -0.143. The molecule has 0 atom stereocenters. The molecule has 0 aliphatic heterocycles. The number of aliphatic imine (C=N–C) groups is 1. The highest BCUT2D eigenvalue weighted by Gasteiger charge is 2.28. The minimum absolute atomic E-state index is 0.318. The first-order valence-corrected chi connectivity index (χ1v) is 8.31. The summed E-state index contributed by atoms with van der Waals surface area (Å²) >= 11 is 0. The van der Waals surface area contributed by atoms with Crippen molar-refractivity contribution < 1.29 is 22.6 Å². The Morgan fingerprint density at radius 1 is 1.19 bits per heavy atom. The minimum Gasteiger partial charge on any atom is -0.493 e. The van der Waals surface area contributed by atoms with Crippen LogP contribution in [0.4, 0.5) is 18.9 Å². The van der Waals surface area contributed by atoms with Gasteiger partial charge in [0.05, 0.1) is 20.8 Å². The third kappa shape index (κ3) is 8.28. The van der Waals surface area contributed by atoms with Crippen LogP contribution in [0.3, 0.4) is 0 Å². The highest BCUT2D eigenvalue weighted by molar-refractivity contribution is 5.93. The Labute approximate surface area is 152 Å². The molecule has 0 heterocycles. The summed E-state index contributed by atoms with van der Waals surface area (Å²) in [6.45, 7) is 2.40. The highest BCUT2D eigenvalue weighted by Crippen LogP contribution is 2.29. The molecule has 9 heteroatoms. The smallest absolute Gasteiger partial charge is 0.401 e. The molecule has 6 nitrogen and oxygen atoms in total. The average molecular weight is 376 g/mol. The molecule has 26 heavy (non-hydrogen) atoms. The van der Waals surface area contributed by atoms with Crippen LogP contribution < -0.4 is 20.1 Å². The number of halogens is 3. The molecule has 0 aliphatic carbocycles. The molecule has 1 aromatic rings. The highest BCUT2D eigenvalue weighted by atomic mass is 19.4. The largest absolute Gasteiger partial charge is 0.493 e. The Balaban J connectivity index is 2.61. The number of guanidine groups is 1. The predicted molar refractivity (Wildman–Crippen MR) is 97.3 cm³/mol. The standard InChI is InChI=1S/C17H27F3N4O2/c1-5-21-16(22-9-6-10-24(2)12-17(18,19)20)23-13-7-8-14(25-3)15(11-13)26-4/h7-8,11H,5-6,9-10,12H2,1-4H3,(H2,21,22,23). The van der Waals surface area contributed by atoms with E-state index in [2.05, 4.69) is 15.6 Å². The number of methoxy groups -OCH3 is 2. The topological polar surface area (TPSA) is 58.1 Å². The van der Waals surface area contributed by atoms with Gasteiger partial charge in [0.15, 0.2) is 17.5 Å². The molecule has 0 spiro atoms. The van der Waals surface area contributed by atoms with Gasteiger partial charge in [0.25, 0.3) is 0 Å². The second kappa shape index (κ2) is 10.7. The van der Waals surface area contributed by atoms with E-state index in [1.165, 1.54) is 11.9 Å². The van der Waals surface area contributed by atoms with Crippen molar-refractivity contribution in [1.29, 1.82) is 0 Å². The van der Waals surface area contributed by atoms with E-state index in [4.69, 9.17) is 9.47 Å². The molecule has 0 saturated carbocycles. The molecule has 1 aromatic carbocycles. The fourth-order valence-corrected chi connectivity index (χ4v) is 2.27. The van der Waals surface area contributed by atoms with Crippen molar-refractivity contribution in [2.45, 2.75) is 19.5 Å². The zero-order valence-electron chi connectivity index (χ0n) is 15.6. The summed E-state index contributed by atoms with van der Waals surface area (Å²) in [5.41, 5.74) is 0.761. The van der Waals surface area contributed by atoms with E-state index in [0.29, 0.717) is 43.5 Å². The zero-order chi connectivity index (χ0) is 19.6. The maximum atomic E-state index is 12.3. The normalized spacial score (nSPS) is 12.2. The first kappa shape index (κ1) is 21.9. The van der Waals surface area contributed by atoms with Gasteiger partial charge in [-0.25, -0.2) is 0 Å². The lowest BCUT2D eigenvalue weighted by Crippen LogP contribution is -2.33. The van der Waals surface area contributed by atoms with Gasteiger partial charge in [-0.3, -0.25) is 9.89 Å². The molecule has 2 N–H and O–H groups in total. The van der Waals surface area contributed by atoms with Crippen LogP contribution in [0.1, 0.15) is 13.3 Å². The van der Waals surface area contributed by atoms with Crippen molar-refractivity contribution >= 4 is 11.6 Å². The summed E-state index contributed by atoms with van der Waals surface area (Å²) < 4.78 is 47.3. The van der Waals surface area contributed by atoms with E-state index in [1.807, 2.05) is 13.0 Å². The number of ether oxygens (including phenoxy) is 2. The number of rotatable bonds is 9. The van der Waals surface area contributed by atoms with Crippen molar-refractivity contribution in [3.63, 3.8) is 0 Å². The molecule has 0 fully saturated rings. The van der Waals surface area contributed by atoms with Gasteiger partial charge in [-0.1, -0.05) is 0 Å². The number of benzene rings is 1. The summed E-state index contributed by atoms with van der Waals surface area (Å²) in [4.78, 5) is 5.63. The van der Waals surface area contributed by atoms with E-state index in [-0.39, 0.29) is 0 Å². The second-order valence-corrected chi connectivity index (χ2v) is 5.66. The Morgan fingerprint density at radius 3 is 2.46 bits per heavy atom. The van der Waals surface area contributed by atoms with Gasteiger partial charge >= 0.3 is 6.18 Å². The Hall–Kier alpha value is -2.16. The number of nitrogens with one attached hydrogen (secondary N) is 2. The lowest BCUT2D eigenvalue weighted by Gasteiger charge is -2.18. The monoisotopic (exact) mass is 376 g/mol. The first-order chi connectivity index (χ1) is 12.3. The third-order valence-electron chi connectivity index (χ3n) is 3.41. The van der Waals surface area contributed by atoms with Crippen LogP contribution in [0.2, 0.25) is 0 Å². The molecule has 0 saturated heterocycles. The van der Waals surface area contributed by atoms with Crippen molar-refractivity contribution in [2.75, 3.05) is 52.8 Å². The molecular formula is C17H27F3N4O2. The van der Waals surface area contributed by atoms with Crippen LogP contribution >= 0.6 is 0 Å². The molecule has 0 radical (unpaired) electrons. The van der Waals surface area contributed by atoms with Crippen molar-refractivity contribution in [2.24, 2.45) is 4.99 Å². The lowest BCUT2D eigenvalue weighted by atomic mass is 10.3. The summed E-state index contributed by atoms with van der Waals surface area (Å²) in [7, 11) is 4.56. The number of anilines is 1. The molecule has 0 amide bonds. The van der Waals surface area contributed by atoms with Crippen LogP contribution in [-0.2, 0) is 0 Å². The van der Waals surface area contributed by atoms with Crippen molar-refractivity contribution in [3.8, 4) is 11.5 Å². The van der Waals surface area contributed by atoms with Crippen LogP contribution in [0.15, 0.2) is 23.2 Å². The van der Waals surface area contributed by atoms with Gasteiger partial charge < -0.3 is 20.1 Å². The Kier molecular flexibility index (Phi) is 9.04. The molecule has 0 aromatic heterocycles. The van der Waals surface area contributed by atoms with Crippen LogP contribution in [-0.4, -0.2) is 64.5 Å². The summed E-state index contributed by atoms with van der Waals surface area (Å²) in [6.07, 6.45) is -3.66. The van der Waals surface area contributed by atoms with Crippen LogP contribution in [0.5, 0.6) is 11.5 Å². The Bertz CT molecular complexity index is 580. The average Bonchev–Trinajstić information content (AvgIpc) is 2.57. The molecule has 0 aliphatic rings. The van der Waals surface area contributed by atoms with E-state index >= 15 is 0 Å². The fraction of sp³-hybridized carbons (Fsp3) is 0.588. The minimum atomic E-state index is -4.18. The second-order valence-electron chi connectivity index (χ2n) is 5.66. The van der Waals surface area contributed by atoms with Gasteiger partial charge in [-0.15, -0.1) is 0 Å². The van der Waals surface area contributed by atoms with Gasteiger partial charge in [0.2, 0.25) is 0 Å². The number of hydrogen-bond donors (Lipinski definition) is 2. The van der Waals surface area contributed by atoms with E-state index < -0.39 is 12.7 Å². The third-order valence-corrected chi connectivity index (χ3v) is 3.41. The molecule has 0 bridgehead atoms. The Morgan fingerprint density at radius 2 is 1.88 bits per heavy atom.